The lowest BCUT2D eigenvalue weighted by molar-refractivity contribution is 0.00482. The van der Waals surface area contributed by atoms with Crippen molar-refractivity contribution in [1.82, 2.24) is 9.55 Å². The molecule has 1 heterocycles. The van der Waals surface area contributed by atoms with Crippen molar-refractivity contribution in [1.29, 1.82) is 0 Å². The van der Waals surface area contributed by atoms with Crippen LogP contribution in [0.15, 0.2) is 55.0 Å². The van der Waals surface area contributed by atoms with Crippen LogP contribution in [-0.2, 0) is 4.74 Å². The molecule has 0 saturated heterocycles. The van der Waals surface area contributed by atoms with Gasteiger partial charge in [-0.25, -0.2) is 9.78 Å². The van der Waals surface area contributed by atoms with Gasteiger partial charge in [0.2, 0.25) is 5.95 Å². The standard InChI is InChI=1S/C20H21FN2O2/c1-3-11-20(12-7-8-13-20)25-19(24)17-18(21)22-14-23(17)15(2)16-9-5-4-6-10-16/h4-6,9-11,14-15H,1,7-8,12-13H2,2H3/t15-/m1/s1. The third-order valence-corrected chi connectivity index (χ3v) is 4.75. The van der Waals surface area contributed by atoms with E-state index in [0.717, 1.165) is 18.4 Å². The molecule has 1 aliphatic carbocycles. The zero-order chi connectivity index (χ0) is 17.9. The number of nitrogens with zero attached hydrogens (tertiary/aromatic N) is 2. The third-order valence-electron chi connectivity index (χ3n) is 4.75. The van der Waals surface area contributed by atoms with Crippen LogP contribution in [0.1, 0.15) is 54.7 Å². The molecule has 0 spiro atoms. The van der Waals surface area contributed by atoms with E-state index in [-0.39, 0.29) is 11.7 Å². The van der Waals surface area contributed by atoms with E-state index in [9.17, 15) is 9.18 Å². The lowest BCUT2D eigenvalue weighted by Crippen LogP contribution is -2.31. The Bertz CT molecular complexity index is 800. The second-order valence-corrected chi connectivity index (χ2v) is 6.39. The van der Waals surface area contributed by atoms with Crippen molar-refractivity contribution in [3.8, 4) is 0 Å². The van der Waals surface area contributed by atoms with Gasteiger partial charge in [-0.15, -0.1) is 5.73 Å². The molecule has 1 aliphatic rings. The molecule has 1 aromatic carbocycles. The highest BCUT2D eigenvalue weighted by Crippen LogP contribution is 2.35. The number of carbonyl (C=O) groups excluding carboxylic acids is 1. The molecule has 130 valence electrons. The molecule has 0 amide bonds. The highest BCUT2D eigenvalue weighted by atomic mass is 19.1. The molecule has 0 unspecified atom stereocenters. The third kappa shape index (κ3) is 3.42. The van der Waals surface area contributed by atoms with Crippen molar-refractivity contribution in [3.63, 3.8) is 0 Å². The van der Waals surface area contributed by atoms with E-state index in [0.29, 0.717) is 12.8 Å². The van der Waals surface area contributed by atoms with Gasteiger partial charge in [-0.1, -0.05) is 36.9 Å². The summed E-state index contributed by atoms with van der Waals surface area (Å²) in [5.74, 6) is -1.52. The maximum atomic E-state index is 14.3. The van der Waals surface area contributed by atoms with Gasteiger partial charge in [0, 0.05) is 6.08 Å². The molecule has 25 heavy (non-hydrogen) atoms. The van der Waals surface area contributed by atoms with Gasteiger partial charge in [-0.2, -0.15) is 4.39 Å². The van der Waals surface area contributed by atoms with E-state index < -0.39 is 17.5 Å². The first-order chi connectivity index (χ1) is 12.1. The maximum Gasteiger partial charge on any atom is 0.360 e. The average molecular weight is 340 g/mol. The number of hydrogen-bond acceptors (Lipinski definition) is 3. The monoisotopic (exact) mass is 340 g/mol. The van der Waals surface area contributed by atoms with E-state index in [2.05, 4.69) is 17.3 Å². The number of esters is 1. The van der Waals surface area contributed by atoms with E-state index in [1.165, 1.54) is 10.9 Å². The summed E-state index contributed by atoms with van der Waals surface area (Å²) in [6, 6.07) is 9.33. The number of rotatable bonds is 5. The zero-order valence-corrected chi connectivity index (χ0v) is 14.2. The van der Waals surface area contributed by atoms with E-state index >= 15 is 0 Å². The molecular weight excluding hydrogens is 319 g/mol. The average Bonchev–Trinajstić information content (AvgIpc) is 3.22. The van der Waals surface area contributed by atoms with Crippen LogP contribution in [0, 0.1) is 5.95 Å². The molecule has 0 bridgehead atoms. The van der Waals surface area contributed by atoms with E-state index in [1.54, 1.807) is 6.08 Å². The Morgan fingerprint density at radius 2 is 2.08 bits per heavy atom. The second-order valence-electron chi connectivity index (χ2n) is 6.39. The largest absolute Gasteiger partial charge is 0.449 e. The van der Waals surface area contributed by atoms with Gasteiger partial charge in [0.25, 0.3) is 0 Å². The Morgan fingerprint density at radius 1 is 1.40 bits per heavy atom. The van der Waals surface area contributed by atoms with Crippen molar-refractivity contribution >= 4 is 5.97 Å². The highest BCUT2D eigenvalue weighted by molar-refractivity contribution is 5.88. The smallest absolute Gasteiger partial charge is 0.360 e. The number of benzene rings is 1. The predicted molar refractivity (Wildman–Crippen MR) is 92.8 cm³/mol. The Kier molecular flexibility index (Phi) is 4.86. The summed E-state index contributed by atoms with van der Waals surface area (Å²) in [4.78, 5) is 16.4. The highest BCUT2D eigenvalue weighted by Gasteiger charge is 2.37. The summed E-state index contributed by atoms with van der Waals surface area (Å²) in [5.41, 5.74) is 2.77. The summed E-state index contributed by atoms with van der Waals surface area (Å²) < 4.78 is 21.5. The lowest BCUT2D eigenvalue weighted by Gasteiger charge is -2.25. The topological polar surface area (TPSA) is 44.1 Å². The number of aromatic nitrogens is 2. The number of hydrogen-bond donors (Lipinski definition) is 0. The van der Waals surface area contributed by atoms with E-state index in [1.807, 2.05) is 37.3 Å². The van der Waals surface area contributed by atoms with Crippen molar-refractivity contribution in [2.45, 2.75) is 44.2 Å². The minimum atomic E-state index is -0.816. The molecule has 2 aromatic rings. The molecule has 1 atom stereocenters. The summed E-state index contributed by atoms with van der Waals surface area (Å²) in [7, 11) is 0. The number of halogens is 1. The van der Waals surface area contributed by atoms with Gasteiger partial charge in [-0.05, 0) is 38.2 Å². The number of carbonyl (C=O) groups is 1. The molecule has 0 radical (unpaired) electrons. The summed E-state index contributed by atoms with van der Waals surface area (Å²) >= 11 is 0. The fraction of sp³-hybridized carbons (Fsp3) is 0.350. The first kappa shape index (κ1) is 17.2. The molecule has 0 N–H and O–H groups in total. The Morgan fingerprint density at radius 3 is 2.72 bits per heavy atom. The molecule has 1 aromatic heterocycles. The maximum absolute atomic E-state index is 14.3. The van der Waals surface area contributed by atoms with Crippen LogP contribution in [0.2, 0.25) is 0 Å². The van der Waals surface area contributed by atoms with Crippen LogP contribution < -0.4 is 0 Å². The van der Waals surface area contributed by atoms with Crippen molar-refractivity contribution in [2.75, 3.05) is 0 Å². The van der Waals surface area contributed by atoms with Crippen LogP contribution in [0.25, 0.3) is 0 Å². The fourth-order valence-electron chi connectivity index (χ4n) is 3.38. The van der Waals surface area contributed by atoms with Crippen LogP contribution in [-0.4, -0.2) is 21.1 Å². The Labute approximate surface area is 146 Å². The summed E-state index contributed by atoms with van der Waals surface area (Å²) in [5, 5.41) is 0. The Hall–Kier alpha value is -2.65. The van der Waals surface area contributed by atoms with Crippen molar-refractivity contribution in [3.05, 3.63) is 72.3 Å². The first-order valence-electron chi connectivity index (χ1n) is 8.44. The zero-order valence-electron chi connectivity index (χ0n) is 14.2. The quantitative estimate of drug-likeness (QED) is 0.597. The molecule has 1 fully saturated rings. The second kappa shape index (κ2) is 7.08. The van der Waals surface area contributed by atoms with Crippen LogP contribution >= 0.6 is 0 Å². The molecule has 0 aliphatic heterocycles. The van der Waals surface area contributed by atoms with Crippen molar-refractivity contribution in [2.24, 2.45) is 0 Å². The normalized spacial score (nSPS) is 16.9. The van der Waals surface area contributed by atoms with E-state index in [4.69, 9.17) is 4.74 Å². The molecular formula is C20H21FN2O2. The minimum Gasteiger partial charge on any atom is -0.449 e. The van der Waals surface area contributed by atoms with Crippen molar-refractivity contribution < 1.29 is 13.9 Å². The van der Waals surface area contributed by atoms with Crippen LogP contribution in [0.3, 0.4) is 0 Å². The van der Waals surface area contributed by atoms with Gasteiger partial charge >= 0.3 is 5.97 Å². The summed E-state index contributed by atoms with van der Waals surface area (Å²) in [6.07, 6.45) is 6.32. The fourth-order valence-corrected chi connectivity index (χ4v) is 3.38. The van der Waals surface area contributed by atoms with Gasteiger partial charge < -0.3 is 9.30 Å². The Balaban J connectivity index is 1.91. The van der Waals surface area contributed by atoms with Gasteiger partial charge in [-0.3, -0.25) is 0 Å². The first-order valence-corrected chi connectivity index (χ1v) is 8.44. The lowest BCUT2D eigenvalue weighted by atomic mass is 10.0. The number of imidazole rings is 1. The van der Waals surface area contributed by atoms with Crippen LogP contribution in [0.4, 0.5) is 4.39 Å². The predicted octanol–water partition coefficient (Wildman–Crippen LogP) is 4.44. The molecule has 1 saturated carbocycles. The molecule has 3 rings (SSSR count). The van der Waals surface area contributed by atoms with Gasteiger partial charge in [0.05, 0.1) is 12.4 Å². The summed E-state index contributed by atoms with van der Waals surface area (Å²) in [6.45, 7) is 5.47. The van der Waals surface area contributed by atoms with Gasteiger partial charge in [0.15, 0.2) is 5.69 Å². The number of ether oxygens (including phenoxy) is 1. The van der Waals surface area contributed by atoms with Crippen LogP contribution in [0.5, 0.6) is 0 Å². The van der Waals surface area contributed by atoms with Gasteiger partial charge in [0.1, 0.15) is 5.60 Å². The SMILES string of the molecule is C=C=CC1(OC(=O)c2c(F)ncn2[C@H](C)c2ccccc2)CCCC1. The molecule has 5 heteroatoms. The minimum absolute atomic E-state index is 0.153. The molecule has 4 nitrogen and oxygen atoms in total.